The fraction of sp³-hybridized carbons (Fsp3) is 0.214. The van der Waals surface area contributed by atoms with Crippen LogP contribution in [-0.2, 0) is 0 Å². The van der Waals surface area contributed by atoms with Gasteiger partial charge in [0.2, 0.25) is 0 Å². The highest BCUT2D eigenvalue weighted by Gasteiger charge is 2.10. The first-order chi connectivity index (χ1) is 10.5. The lowest BCUT2D eigenvalue weighted by Crippen LogP contribution is -2.30. The number of aryl methyl sites for hydroxylation is 1. The highest BCUT2D eigenvalue weighted by molar-refractivity contribution is 5.95. The summed E-state index contributed by atoms with van der Waals surface area (Å²) in [7, 11) is 3.63. The van der Waals surface area contributed by atoms with Crippen molar-refractivity contribution in [3.63, 3.8) is 0 Å². The molecular weight excluding hydrogens is 282 g/mol. The van der Waals surface area contributed by atoms with Gasteiger partial charge in [0.05, 0.1) is 0 Å². The Morgan fingerprint density at radius 3 is 2.41 bits per heavy atom. The largest absolute Gasteiger partial charge is 0.393 e. The molecule has 0 fully saturated rings. The fourth-order valence-electron chi connectivity index (χ4n) is 1.69. The molecule has 0 aliphatic carbocycles. The Hall–Kier alpha value is -2.87. The van der Waals surface area contributed by atoms with Crippen molar-refractivity contribution in [1.82, 2.24) is 20.4 Å². The van der Waals surface area contributed by atoms with E-state index in [1.54, 1.807) is 17.1 Å². The van der Waals surface area contributed by atoms with Crippen molar-refractivity contribution < 1.29 is 4.79 Å². The number of carbonyl (C=O) groups excluding carboxylic acids is 1. The molecule has 116 valence electrons. The third-order valence-electron chi connectivity index (χ3n) is 2.82. The Morgan fingerprint density at radius 1 is 1.14 bits per heavy atom. The number of hydrogen-bond donors (Lipinski definition) is 4. The molecule has 2 aromatic rings. The first-order valence-corrected chi connectivity index (χ1v) is 6.65. The number of anilines is 3. The van der Waals surface area contributed by atoms with E-state index in [2.05, 4.69) is 26.2 Å². The number of rotatable bonds is 5. The van der Waals surface area contributed by atoms with Gasteiger partial charge in [0.25, 0.3) is 5.91 Å². The Balaban J connectivity index is 2.05. The molecule has 1 aromatic heterocycles. The summed E-state index contributed by atoms with van der Waals surface area (Å²) in [6.07, 6.45) is 1.35. The fourth-order valence-corrected chi connectivity index (χ4v) is 1.69. The smallest absolute Gasteiger partial charge is 0.269 e. The summed E-state index contributed by atoms with van der Waals surface area (Å²) in [6, 6.07) is 7.23. The first kappa shape index (κ1) is 15.5. The van der Waals surface area contributed by atoms with Crippen LogP contribution in [0.15, 0.2) is 30.6 Å². The number of hydrazine groups is 2. The maximum absolute atomic E-state index is 12.0. The number of benzene rings is 1. The monoisotopic (exact) mass is 301 g/mol. The van der Waals surface area contributed by atoms with Crippen molar-refractivity contribution in [1.29, 1.82) is 0 Å². The quantitative estimate of drug-likeness (QED) is 0.610. The number of nitrogens with two attached hydrogens (primary N) is 1. The maximum Gasteiger partial charge on any atom is 0.269 e. The number of nitrogen functional groups attached to an aromatic ring is 1. The molecule has 0 bridgehead atoms. The molecule has 0 atom stereocenters. The second kappa shape index (κ2) is 6.72. The van der Waals surface area contributed by atoms with Gasteiger partial charge in [-0.2, -0.15) is 0 Å². The average Bonchev–Trinajstić information content (AvgIpc) is 2.48. The van der Waals surface area contributed by atoms with Crippen molar-refractivity contribution in [3.8, 4) is 0 Å². The molecular formula is C14H19N7O. The minimum Gasteiger partial charge on any atom is -0.393 e. The van der Waals surface area contributed by atoms with E-state index in [0.717, 1.165) is 5.56 Å². The van der Waals surface area contributed by atoms with Crippen LogP contribution in [0.3, 0.4) is 0 Å². The molecule has 5 N–H and O–H groups in total. The van der Waals surface area contributed by atoms with Crippen LogP contribution >= 0.6 is 0 Å². The molecule has 0 saturated carbocycles. The van der Waals surface area contributed by atoms with E-state index >= 15 is 0 Å². The van der Waals surface area contributed by atoms with Gasteiger partial charge in [0.15, 0.2) is 11.6 Å². The highest BCUT2D eigenvalue weighted by Crippen LogP contribution is 2.21. The molecule has 22 heavy (non-hydrogen) atoms. The molecule has 0 aliphatic heterocycles. The van der Waals surface area contributed by atoms with Gasteiger partial charge in [0, 0.05) is 19.7 Å². The average molecular weight is 301 g/mol. The minimum atomic E-state index is -0.278. The molecule has 0 saturated heterocycles. The number of amides is 1. The maximum atomic E-state index is 12.0. The molecule has 0 aliphatic rings. The van der Waals surface area contributed by atoms with Gasteiger partial charge in [-0.05, 0) is 19.1 Å². The summed E-state index contributed by atoms with van der Waals surface area (Å²) in [5, 5.41) is 1.70. The van der Waals surface area contributed by atoms with Gasteiger partial charge in [-0.15, -0.1) is 0 Å². The van der Waals surface area contributed by atoms with Crippen molar-refractivity contribution in [2.24, 2.45) is 0 Å². The SMILES string of the molecule is Cc1ccc(C(=O)NNc2ncnc(NN(C)C)c2N)cc1. The lowest BCUT2D eigenvalue weighted by molar-refractivity contribution is 0.0962. The van der Waals surface area contributed by atoms with E-state index in [0.29, 0.717) is 22.9 Å². The lowest BCUT2D eigenvalue weighted by atomic mass is 10.1. The van der Waals surface area contributed by atoms with Crippen LogP contribution < -0.4 is 22.0 Å². The second-order valence-electron chi connectivity index (χ2n) is 4.94. The zero-order chi connectivity index (χ0) is 16.1. The molecule has 8 nitrogen and oxygen atoms in total. The van der Waals surface area contributed by atoms with Crippen molar-refractivity contribution in [2.45, 2.75) is 6.92 Å². The van der Waals surface area contributed by atoms with Gasteiger partial charge in [-0.25, -0.2) is 15.0 Å². The van der Waals surface area contributed by atoms with Crippen molar-refractivity contribution in [2.75, 3.05) is 30.7 Å². The first-order valence-electron chi connectivity index (χ1n) is 6.65. The van der Waals surface area contributed by atoms with E-state index in [1.807, 2.05) is 33.2 Å². The highest BCUT2D eigenvalue weighted by atomic mass is 16.2. The normalized spacial score (nSPS) is 10.4. The zero-order valence-corrected chi connectivity index (χ0v) is 12.7. The molecule has 0 spiro atoms. The van der Waals surface area contributed by atoms with Crippen LogP contribution in [0.4, 0.5) is 17.3 Å². The van der Waals surface area contributed by atoms with Crippen LogP contribution in [-0.4, -0.2) is 35.0 Å². The van der Waals surface area contributed by atoms with E-state index in [9.17, 15) is 4.79 Å². The van der Waals surface area contributed by atoms with Gasteiger partial charge in [-0.1, -0.05) is 17.7 Å². The standard InChI is InChI=1S/C14H19N7O/c1-9-4-6-10(7-5-9)14(22)19-18-12-11(15)13(17-8-16-12)20-21(2)3/h4-8H,15H2,1-3H3,(H,19,22)(H2,16,17,18,20). The Kier molecular flexibility index (Phi) is 4.74. The number of hydrogen-bond acceptors (Lipinski definition) is 7. The van der Waals surface area contributed by atoms with E-state index in [-0.39, 0.29) is 5.91 Å². The predicted molar refractivity (Wildman–Crippen MR) is 86.0 cm³/mol. The molecule has 0 radical (unpaired) electrons. The lowest BCUT2D eigenvalue weighted by Gasteiger charge is -2.16. The summed E-state index contributed by atoms with van der Waals surface area (Å²) in [6.45, 7) is 1.96. The van der Waals surface area contributed by atoms with Gasteiger partial charge < -0.3 is 11.2 Å². The number of nitrogens with one attached hydrogen (secondary N) is 3. The van der Waals surface area contributed by atoms with E-state index in [1.165, 1.54) is 6.33 Å². The second-order valence-corrected chi connectivity index (χ2v) is 4.94. The Labute approximate surface area is 128 Å². The van der Waals surface area contributed by atoms with Crippen LogP contribution in [0.25, 0.3) is 0 Å². The van der Waals surface area contributed by atoms with Gasteiger partial charge in [-0.3, -0.25) is 15.6 Å². The summed E-state index contributed by atoms with van der Waals surface area (Å²) in [5.74, 6) is 0.493. The summed E-state index contributed by atoms with van der Waals surface area (Å²) >= 11 is 0. The van der Waals surface area contributed by atoms with Gasteiger partial charge >= 0.3 is 0 Å². The van der Waals surface area contributed by atoms with E-state index in [4.69, 9.17) is 5.73 Å². The molecule has 8 heteroatoms. The predicted octanol–water partition coefficient (Wildman–Crippen LogP) is 1.01. The molecule has 1 aromatic carbocycles. The van der Waals surface area contributed by atoms with Crippen molar-refractivity contribution in [3.05, 3.63) is 41.7 Å². The van der Waals surface area contributed by atoms with Crippen LogP contribution in [0.1, 0.15) is 15.9 Å². The Bertz CT molecular complexity index is 655. The van der Waals surface area contributed by atoms with Gasteiger partial charge in [0.1, 0.15) is 12.0 Å². The van der Waals surface area contributed by atoms with Crippen LogP contribution in [0.5, 0.6) is 0 Å². The van der Waals surface area contributed by atoms with Crippen LogP contribution in [0.2, 0.25) is 0 Å². The number of nitrogens with zero attached hydrogens (tertiary/aromatic N) is 3. The molecule has 0 unspecified atom stereocenters. The molecule has 2 rings (SSSR count). The molecule has 1 amide bonds. The topological polar surface area (TPSA) is 108 Å². The zero-order valence-electron chi connectivity index (χ0n) is 12.7. The summed E-state index contributed by atoms with van der Waals surface area (Å²) in [5.41, 5.74) is 16.1. The third-order valence-corrected chi connectivity index (χ3v) is 2.82. The number of carbonyl (C=O) groups is 1. The number of aromatic nitrogens is 2. The summed E-state index contributed by atoms with van der Waals surface area (Å²) < 4.78 is 0. The van der Waals surface area contributed by atoms with Crippen molar-refractivity contribution >= 4 is 23.2 Å². The van der Waals surface area contributed by atoms with E-state index < -0.39 is 0 Å². The Morgan fingerprint density at radius 2 is 1.77 bits per heavy atom. The molecule has 1 heterocycles. The van der Waals surface area contributed by atoms with Crippen LogP contribution in [0, 0.1) is 6.92 Å². The summed E-state index contributed by atoms with van der Waals surface area (Å²) in [4.78, 5) is 20.1. The minimum absolute atomic E-state index is 0.278. The third kappa shape index (κ3) is 3.83.